The van der Waals surface area contributed by atoms with Crippen molar-refractivity contribution in [3.05, 3.63) is 0 Å². The number of alkyl halides is 1. The summed E-state index contributed by atoms with van der Waals surface area (Å²) >= 11 is 5.87. The van der Waals surface area contributed by atoms with Gasteiger partial charge in [-0.1, -0.05) is 31.4 Å². The van der Waals surface area contributed by atoms with Crippen LogP contribution in [0.3, 0.4) is 0 Å². The predicted octanol–water partition coefficient (Wildman–Crippen LogP) is 1.50. The van der Waals surface area contributed by atoms with Crippen LogP contribution in [0.15, 0.2) is 0 Å². The third-order valence-electron chi connectivity index (χ3n) is 1.89. The molecular weight excluding hydrogens is 208 g/mol. The molecule has 0 aromatic rings. The van der Waals surface area contributed by atoms with Crippen molar-refractivity contribution >= 4 is 23.5 Å². The monoisotopic (exact) mass is 222 g/mol. The van der Waals surface area contributed by atoms with E-state index in [4.69, 9.17) is 11.6 Å². The summed E-state index contributed by atoms with van der Waals surface area (Å²) in [7, 11) is 2.38. The summed E-state index contributed by atoms with van der Waals surface area (Å²) in [5.41, 5.74) is 0. The number of ether oxygens (including phenoxy) is 2. The van der Waals surface area contributed by atoms with Crippen molar-refractivity contribution in [1.29, 1.82) is 0 Å². The van der Waals surface area contributed by atoms with E-state index < -0.39 is 16.8 Å². The number of rotatable bonds is 5. The van der Waals surface area contributed by atoms with E-state index in [-0.39, 0.29) is 6.42 Å². The molecule has 0 aromatic heterocycles. The first-order valence-electron chi connectivity index (χ1n) is 4.38. The molecule has 0 rings (SSSR count). The van der Waals surface area contributed by atoms with E-state index in [0.29, 0.717) is 6.42 Å². The van der Waals surface area contributed by atoms with Gasteiger partial charge < -0.3 is 9.47 Å². The standard InChI is InChI=1S/C9H15ClO4/c1-4-5-6-9(10,7(11)13-2)8(12)14-3/h4-6H2,1-3H3. The van der Waals surface area contributed by atoms with Gasteiger partial charge >= 0.3 is 11.9 Å². The molecular formula is C9H15ClO4. The number of carbonyl (C=O) groups is 2. The largest absolute Gasteiger partial charge is 0.467 e. The van der Waals surface area contributed by atoms with Crippen molar-refractivity contribution in [3.8, 4) is 0 Å². The first-order valence-corrected chi connectivity index (χ1v) is 4.76. The van der Waals surface area contributed by atoms with E-state index in [0.717, 1.165) is 6.42 Å². The van der Waals surface area contributed by atoms with E-state index in [1.807, 2.05) is 6.92 Å². The van der Waals surface area contributed by atoms with Gasteiger partial charge in [-0.3, -0.25) is 0 Å². The average molecular weight is 223 g/mol. The van der Waals surface area contributed by atoms with Gasteiger partial charge in [-0.2, -0.15) is 0 Å². The predicted molar refractivity (Wildman–Crippen MR) is 52.1 cm³/mol. The Labute approximate surface area is 88.5 Å². The van der Waals surface area contributed by atoms with Gasteiger partial charge in [0.1, 0.15) is 0 Å². The maximum atomic E-state index is 11.3. The Balaban J connectivity index is 4.65. The van der Waals surface area contributed by atoms with E-state index in [1.54, 1.807) is 0 Å². The van der Waals surface area contributed by atoms with E-state index in [1.165, 1.54) is 14.2 Å². The van der Waals surface area contributed by atoms with Crippen molar-refractivity contribution in [1.82, 2.24) is 0 Å². The van der Waals surface area contributed by atoms with Crippen molar-refractivity contribution < 1.29 is 19.1 Å². The average Bonchev–Trinajstić information content (AvgIpc) is 2.23. The van der Waals surface area contributed by atoms with Gasteiger partial charge in [0.2, 0.25) is 4.87 Å². The molecule has 0 radical (unpaired) electrons. The highest BCUT2D eigenvalue weighted by molar-refractivity contribution is 6.44. The molecule has 0 heterocycles. The molecule has 0 amide bonds. The van der Waals surface area contributed by atoms with E-state index in [2.05, 4.69) is 9.47 Å². The Kier molecular flexibility index (Phi) is 5.53. The molecule has 0 saturated carbocycles. The number of hydrogen-bond donors (Lipinski definition) is 0. The second-order valence-corrected chi connectivity index (χ2v) is 3.53. The molecule has 14 heavy (non-hydrogen) atoms. The van der Waals surface area contributed by atoms with Gasteiger partial charge in [0.25, 0.3) is 0 Å². The fraction of sp³-hybridized carbons (Fsp3) is 0.778. The summed E-state index contributed by atoms with van der Waals surface area (Å²) < 4.78 is 8.93. The van der Waals surface area contributed by atoms with Crippen LogP contribution in [-0.2, 0) is 19.1 Å². The molecule has 0 unspecified atom stereocenters. The van der Waals surface area contributed by atoms with E-state index in [9.17, 15) is 9.59 Å². The molecule has 0 fully saturated rings. The van der Waals surface area contributed by atoms with E-state index >= 15 is 0 Å². The fourth-order valence-electron chi connectivity index (χ4n) is 1.03. The second kappa shape index (κ2) is 5.86. The normalized spacial score (nSPS) is 10.9. The van der Waals surface area contributed by atoms with Gasteiger partial charge in [-0.25, -0.2) is 9.59 Å². The molecule has 0 aliphatic carbocycles. The summed E-state index contributed by atoms with van der Waals surface area (Å²) in [4.78, 5) is 20.9. The van der Waals surface area contributed by atoms with Crippen molar-refractivity contribution in [2.75, 3.05) is 14.2 Å². The Morgan fingerprint density at radius 3 is 1.93 bits per heavy atom. The van der Waals surface area contributed by atoms with Crippen LogP contribution >= 0.6 is 11.6 Å². The summed E-state index contributed by atoms with van der Waals surface area (Å²) in [6.45, 7) is 1.94. The number of halogens is 1. The molecule has 82 valence electrons. The summed E-state index contributed by atoms with van der Waals surface area (Å²) in [6.07, 6.45) is 1.72. The molecule has 0 aliphatic heterocycles. The lowest BCUT2D eigenvalue weighted by Crippen LogP contribution is -2.43. The quantitative estimate of drug-likeness (QED) is 0.402. The highest BCUT2D eigenvalue weighted by atomic mass is 35.5. The van der Waals surface area contributed by atoms with Gasteiger partial charge in [0, 0.05) is 0 Å². The smallest absolute Gasteiger partial charge is 0.338 e. The number of methoxy groups -OCH3 is 2. The SMILES string of the molecule is CCCCC(Cl)(C(=O)OC)C(=O)OC. The molecule has 0 saturated heterocycles. The lowest BCUT2D eigenvalue weighted by molar-refractivity contribution is -0.156. The molecule has 0 aliphatic rings. The van der Waals surface area contributed by atoms with Crippen LogP contribution in [0.4, 0.5) is 0 Å². The Hall–Kier alpha value is -0.770. The van der Waals surface area contributed by atoms with Crippen LogP contribution < -0.4 is 0 Å². The topological polar surface area (TPSA) is 52.6 Å². The number of unbranched alkanes of at least 4 members (excludes halogenated alkanes) is 1. The lowest BCUT2D eigenvalue weighted by atomic mass is 10.0. The van der Waals surface area contributed by atoms with Gasteiger partial charge in [0.15, 0.2) is 0 Å². The maximum absolute atomic E-state index is 11.3. The minimum Gasteiger partial charge on any atom is -0.467 e. The Morgan fingerprint density at radius 2 is 1.64 bits per heavy atom. The van der Waals surface area contributed by atoms with Gasteiger partial charge in [0.05, 0.1) is 14.2 Å². The van der Waals surface area contributed by atoms with Crippen LogP contribution in [0.1, 0.15) is 26.2 Å². The molecule has 0 spiro atoms. The number of esters is 2. The summed E-state index contributed by atoms with van der Waals surface area (Å²) in [5.74, 6) is -1.53. The molecule has 5 heteroatoms. The van der Waals surface area contributed by atoms with Crippen LogP contribution in [0.25, 0.3) is 0 Å². The van der Waals surface area contributed by atoms with Crippen LogP contribution in [-0.4, -0.2) is 31.0 Å². The van der Waals surface area contributed by atoms with Crippen molar-refractivity contribution in [3.63, 3.8) is 0 Å². The Bertz CT molecular complexity index is 199. The molecule has 0 bridgehead atoms. The summed E-state index contributed by atoms with van der Waals surface area (Å²) in [6, 6.07) is 0. The first-order chi connectivity index (χ1) is 6.52. The molecule has 4 nitrogen and oxygen atoms in total. The molecule has 0 aromatic carbocycles. The molecule has 0 N–H and O–H groups in total. The minimum atomic E-state index is -1.68. The molecule has 0 atom stereocenters. The zero-order valence-corrected chi connectivity index (χ0v) is 9.39. The zero-order chi connectivity index (χ0) is 11.2. The van der Waals surface area contributed by atoms with Crippen LogP contribution in [0, 0.1) is 0 Å². The fourth-order valence-corrected chi connectivity index (χ4v) is 1.32. The zero-order valence-electron chi connectivity index (χ0n) is 8.63. The first kappa shape index (κ1) is 13.2. The van der Waals surface area contributed by atoms with Crippen LogP contribution in [0.5, 0.6) is 0 Å². The number of hydrogen-bond acceptors (Lipinski definition) is 4. The van der Waals surface area contributed by atoms with Gasteiger partial charge in [-0.15, -0.1) is 0 Å². The highest BCUT2D eigenvalue weighted by Crippen LogP contribution is 2.25. The van der Waals surface area contributed by atoms with Crippen molar-refractivity contribution in [2.45, 2.75) is 31.1 Å². The second-order valence-electron chi connectivity index (χ2n) is 2.89. The van der Waals surface area contributed by atoms with Crippen molar-refractivity contribution in [2.24, 2.45) is 0 Å². The van der Waals surface area contributed by atoms with Crippen LogP contribution in [0.2, 0.25) is 0 Å². The minimum absolute atomic E-state index is 0.227. The summed E-state index contributed by atoms with van der Waals surface area (Å²) in [5, 5.41) is 0. The number of carbonyl (C=O) groups excluding carboxylic acids is 2. The lowest BCUT2D eigenvalue weighted by Gasteiger charge is -2.20. The highest BCUT2D eigenvalue weighted by Gasteiger charge is 2.46. The third-order valence-corrected chi connectivity index (χ3v) is 2.39. The third kappa shape index (κ3) is 2.87. The Morgan fingerprint density at radius 1 is 1.21 bits per heavy atom. The van der Waals surface area contributed by atoms with Gasteiger partial charge in [-0.05, 0) is 6.42 Å². The maximum Gasteiger partial charge on any atom is 0.338 e.